The average molecular weight is 258 g/mol. The predicted molar refractivity (Wildman–Crippen MR) is 77.0 cm³/mol. The number of aromatic nitrogens is 3. The van der Waals surface area contributed by atoms with Crippen molar-refractivity contribution in [3.05, 3.63) is 24.2 Å². The van der Waals surface area contributed by atoms with Crippen molar-refractivity contribution in [1.29, 1.82) is 0 Å². The molecule has 0 aromatic carbocycles. The van der Waals surface area contributed by atoms with Crippen LogP contribution in [0.25, 0.3) is 11.2 Å². The first-order valence-electron chi connectivity index (χ1n) is 7.19. The molecule has 1 fully saturated rings. The molecule has 3 heterocycles. The maximum absolute atomic E-state index is 4.81. The number of nitrogens with zero attached hydrogens (tertiary/aromatic N) is 4. The SMILES string of the molecule is CC(C)Cc1nc2cccnc2n1C1CCCN1C. The fraction of sp³-hybridized carbons (Fsp3) is 0.600. The number of hydrogen-bond donors (Lipinski definition) is 0. The van der Waals surface area contributed by atoms with E-state index in [1.54, 1.807) is 0 Å². The number of fused-ring (bicyclic) bond motifs is 1. The second-order valence-electron chi connectivity index (χ2n) is 5.95. The number of rotatable bonds is 3. The van der Waals surface area contributed by atoms with Gasteiger partial charge in [-0.3, -0.25) is 9.47 Å². The molecule has 0 amide bonds. The van der Waals surface area contributed by atoms with E-state index >= 15 is 0 Å². The van der Waals surface area contributed by atoms with Crippen LogP contribution in [0.4, 0.5) is 0 Å². The highest BCUT2D eigenvalue weighted by Gasteiger charge is 2.27. The predicted octanol–water partition coefficient (Wildman–Crippen LogP) is 2.85. The van der Waals surface area contributed by atoms with Gasteiger partial charge in [0.25, 0.3) is 0 Å². The molecule has 2 aromatic rings. The van der Waals surface area contributed by atoms with Crippen molar-refractivity contribution in [3.63, 3.8) is 0 Å². The van der Waals surface area contributed by atoms with E-state index in [0.717, 1.165) is 24.1 Å². The molecule has 0 radical (unpaired) electrons. The Kier molecular flexibility index (Phi) is 3.27. The molecule has 0 saturated carbocycles. The second-order valence-corrected chi connectivity index (χ2v) is 5.95. The molecule has 0 bridgehead atoms. The van der Waals surface area contributed by atoms with Gasteiger partial charge in [0.05, 0.1) is 6.17 Å². The van der Waals surface area contributed by atoms with E-state index < -0.39 is 0 Å². The summed E-state index contributed by atoms with van der Waals surface area (Å²) in [4.78, 5) is 11.8. The standard InChI is InChI=1S/C15H22N4/c1-11(2)10-13-17-12-6-4-8-16-15(12)19(13)14-7-5-9-18(14)3/h4,6,8,11,14H,5,7,9-10H2,1-3H3. The van der Waals surface area contributed by atoms with Crippen molar-refractivity contribution in [2.45, 2.75) is 39.3 Å². The Morgan fingerprint density at radius 2 is 2.26 bits per heavy atom. The van der Waals surface area contributed by atoms with Gasteiger partial charge in [-0.1, -0.05) is 13.8 Å². The third-order valence-electron chi connectivity index (χ3n) is 3.89. The highest BCUT2D eigenvalue weighted by molar-refractivity contribution is 5.71. The van der Waals surface area contributed by atoms with Gasteiger partial charge in [-0.05, 0) is 44.5 Å². The summed E-state index contributed by atoms with van der Waals surface area (Å²) in [6.45, 7) is 5.66. The van der Waals surface area contributed by atoms with Crippen LogP contribution in [-0.2, 0) is 6.42 Å². The summed E-state index contributed by atoms with van der Waals surface area (Å²) in [5, 5.41) is 0. The van der Waals surface area contributed by atoms with Crippen LogP contribution in [0.2, 0.25) is 0 Å². The Morgan fingerprint density at radius 3 is 2.95 bits per heavy atom. The molecule has 3 rings (SSSR count). The summed E-state index contributed by atoms with van der Waals surface area (Å²) >= 11 is 0. The number of likely N-dealkylation sites (tertiary alicyclic amines) is 1. The Morgan fingerprint density at radius 1 is 1.42 bits per heavy atom. The third-order valence-corrected chi connectivity index (χ3v) is 3.89. The van der Waals surface area contributed by atoms with Crippen LogP contribution < -0.4 is 0 Å². The third kappa shape index (κ3) is 2.25. The van der Waals surface area contributed by atoms with Gasteiger partial charge in [-0.2, -0.15) is 0 Å². The minimum absolute atomic E-state index is 0.425. The summed E-state index contributed by atoms with van der Waals surface area (Å²) in [6, 6.07) is 4.04. The van der Waals surface area contributed by atoms with Crippen LogP contribution >= 0.6 is 0 Å². The molecule has 0 aliphatic carbocycles. The van der Waals surface area contributed by atoms with E-state index in [2.05, 4.69) is 41.4 Å². The Balaban J connectivity index is 2.12. The molecule has 0 N–H and O–H groups in total. The molecule has 1 saturated heterocycles. The minimum Gasteiger partial charge on any atom is -0.296 e. The maximum atomic E-state index is 4.81. The number of hydrogen-bond acceptors (Lipinski definition) is 3. The van der Waals surface area contributed by atoms with E-state index in [4.69, 9.17) is 4.98 Å². The summed E-state index contributed by atoms with van der Waals surface area (Å²) in [5.41, 5.74) is 2.07. The summed E-state index contributed by atoms with van der Waals surface area (Å²) in [7, 11) is 2.20. The summed E-state index contributed by atoms with van der Waals surface area (Å²) in [6.07, 6.45) is 5.77. The van der Waals surface area contributed by atoms with Gasteiger partial charge in [0, 0.05) is 12.6 Å². The van der Waals surface area contributed by atoms with Gasteiger partial charge in [0.15, 0.2) is 5.65 Å². The van der Waals surface area contributed by atoms with Crippen LogP contribution in [-0.4, -0.2) is 33.0 Å². The largest absolute Gasteiger partial charge is 0.296 e. The number of pyridine rings is 1. The van der Waals surface area contributed by atoms with E-state index in [1.165, 1.54) is 18.7 Å². The highest BCUT2D eigenvalue weighted by Crippen LogP contribution is 2.30. The van der Waals surface area contributed by atoms with E-state index in [-0.39, 0.29) is 0 Å². The smallest absolute Gasteiger partial charge is 0.161 e. The van der Waals surface area contributed by atoms with Crippen LogP contribution in [0, 0.1) is 5.92 Å². The van der Waals surface area contributed by atoms with Gasteiger partial charge in [0.2, 0.25) is 0 Å². The van der Waals surface area contributed by atoms with Gasteiger partial charge in [0.1, 0.15) is 11.3 Å². The fourth-order valence-corrected chi connectivity index (χ4v) is 3.02. The molecule has 2 aromatic heterocycles. The Labute approximate surface area is 114 Å². The lowest BCUT2D eigenvalue weighted by Crippen LogP contribution is -2.25. The Hall–Kier alpha value is -1.42. The van der Waals surface area contributed by atoms with E-state index in [0.29, 0.717) is 12.1 Å². The zero-order valence-corrected chi connectivity index (χ0v) is 12.0. The lowest BCUT2D eigenvalue weighted by molar-refractivity contribution is 0.236. The topological polar surface area (TPSA) is 34.0 Å². The zero-order chi connectivity index (χ0) is 13.4. The van der Waals surface area contributed by atoms with Crippen molar-refractivity contribution in [1.82, 2.24) is 19.4 Å². The first-order valence-corrected chi connectivity index (χ1v) is 7.19. The van der Waals surface area contributed by atoms with Crippen molar-refractivity contribution in [3.8, 4) is 0 Å². The molecule has 1 unspecified atom stereocenters. The monoisotopic (exact) mass is 258 g/mol. The molecule has 1 aliphatic rings. The normalized spacial score (nSPS) is 20.7. The Bertz CT molecular complexity index is 573. The molecular weight excluding hydrogens is 236 g/mol. The lowest BCUT2D eigenvalue weighted by atomic mass is 10.1. The van der Waals surface area contributed by atoms with Crippen molar-refractivity contribution in [2.75, 3.05) is 13.6 Å². The average Bonchev–Trinajstić information content (AvgIpc) is 2.91. The summed E-state index contributed by atoms with van der Waals surface area (Å²) in [5.74, 6) is 1.80. The first kappa shape index (κ1) is 12.6. The lowest BCUT2D eigenvalue weighted by Gasteiger charge is -2.23. The molecule has 4 heteroatoms. The molecule has 4 nitrogen and oxygen atoms in total. The highest BCUT2D eigenvalue weighted by atomic mass is 15.3. The van der Waals surface area contributed by atoms with Gasteiger partial charge in [-0.15, -0.1) is 0 Å². The molecular formula is C15H22N4. The molecule has 19 heavy (non-hydrogen) atoms. The molecule has 102 valence electrons. The van der Waals surface area contributed by atoms with Gasteiger partial charge >= 0.3 is 0 Å². The van der Waals surface area contributed by atoms with Crippen LogP contribution in [0.5, 0.6) is 0 Å². The second kappa shape index (κ2) is 4.93. The van der Waals surface area contributed by atoms with E-state index in [9.17, 15) is 0 Å². The van der Waals surface area contributed by atoms with Crippen molar-refractivity contribution < 1.29 is 0 Å². The van der Waals surface area contributed by atoms with Crippen LogP contribution in [0.15, 0.2) is 18.3 Å². The minimum atomic E-state index is 0.425. The van der Waals surface area contributed by atoms with Crippen molar-refractivity contribution in [2.24, 2.45) is 5.92 Å². The fourth-order valence-electron chi connectivity index (χ4n) is 3.02. The summed E-state index contributed by atoms with van der Waals surface area (Å²) < 4.78 is 2.36. The van der Waals surface area contributed by atoms with Gasteiger partial charge in [-0.25, -0.2) is 9.97 Å². The maximum Gasteiger partial charge on any atom is 0.161 e. The van der Waals surface area contributed by atoms with Crippen molar-refractivity contribution >= 4 is 11.2 Å². The van der Waals surface area contributed by atoms with E-state index in [1.807, 2.05) is 12.3 Å². The molecule has 1 aliphatic heterocycles. The van der Waals surface area contributed by atoms with Crippen LogP contribution in [0.1, 0.15) is 38.7 Å². The molecule has 1 atom stereocenters. The quantitative estimate of drug-likeness (QED) is 0.849. The van der Waals surface area contributed by atoms with Gasteiger partial charge < -0.3 is 0 Å². The van der Waals surface area contributed by atoms with Crippen LogP contribution in [0.3, 0.4) is 0 Å². The zero-order valence-electron chi connectivity index (χ0n) is 12.0. The number of imidazole rings is 1. The first-order chi connectivity index (χ1) is 9.16. The molecule has 0 spiro atoms.